The molecule has 2 N–H and O–H groups in total. The van der Waals surface area contributed by atoms with E-state index in [1.165, 1.54) is 36.0 Å². The molecule has 0 saturated heterocycles. The van der Waals surface area contributed by atoms with E-state index in [4.69, 9.17) is 4.74 Å². The molecule has 1 heterocycles. The Balaban J connectivity index is 1.53. The Kier molecular flexibility index (Phi) is 7.29. The van der Waals surface area contributed by atoms with Crippen molar-refractivity contribution in [3.05, 3.63) is 95.6 Å². The first-order chi connectivity index (χ1) is 14.5. The smallest absolute Gasteiger partial charge is 0.244 e. The maximum absolute atomic E-state index is 14.2. The van der Waals surface area contributed by atoms with Crippen LogP contribution >= 0.6 is 0 Å². The van der Waals surface area contributed by atoms with Gasteiger partial charge in [0.1, 0.15) is 5.75 Å². The van der Waals surface area contributed by atoms with E-state index < -0.39 is 11.9 Å². The van der Waals surface area contributed by atoms with Gasteiger partial charge in [0.2, 0.25) is 5.91 Å². The molecule has 0 aliphatic carbocycles. The summed E-state index contributed by atoms with van der Waals surface area (Å²) in [6.45, 7) is 2.14. The zero-order chi connectivity index (χ0) is 21.3. The van der Waals surface area contributed by atoms with Gasteiger partial charge >= 0.3 is 0 Å². The molecule has 1 unspecified atom stereocenters. The molecule has 0 aliphatic heterocycles. The number of aryl methyl sites for hydroxylation is 1. The number of aliphatic hydroxyl groups excluding tert-OH is 1. The van der Waals surface area contributed by atoms with Gasteiger partial charge in [-0.1, -0.05) is 37.3 Å². The van der Waals surface area contributed by atoms with E-state index in [1.54, 1.807) is 24.4 Å². The monoisotopic (exact) mass is 406 g/mol. The third-order valence-corrected chi connectivity index (χ3v) is 4.49. The predicted molar refractivity (Wildman–Crippen MR) is 114 cm³/mol. The molecule has 0 fully saturated rings. The third kappa shape index (κ3) is 5.99. The van der Waals surface area contributed by atoms with Crippen LogP contribution in [-0.2, 0) is 11.2 Å². The third-order valence-electron chi connectivity index (χ3n) is 4.49. The van der Waals surface area contributed by atoms with Gasteiger partial charge in [0, 0.05) is 18.8 Å². The highest BCUT2D eigenvalue weighted by atomic mass is 19.1. The molecule has 2 aromatic carbocycles. The summed E-state index contributed by atoms with van der Waals surface area (Å²) in [5.41, 5.74) is 2.43. The molecule has 0 bridgehead atoms. The van der Waals surface area contributed by atoms with E-state index in [2.05, 4.69) is 17.2 Å². The van der Waals surface area contributed by atoms with E-state index in [1.807, 2.05) is 24.3 Å². The Hall–Kier alpha value is -3.51. The largest absolute Gasteiger partial charge is 0.453 e. The van der Waals surface area contributed by atoms with Crippen molar-refractivity contribution in [1.29, 1.82) is 0 Å². The van der Waals surface area contributed by atoms with Gasteiger partial charge in [-0.25, -0.2) is 4.39 Å². The fourth-order valence-corrected chi connectivity index (χ4v) is 2.76. The first-order valence-electron chi connectivity index (χ1n) is 9.65. The summed E-state index contributed by atoms with van der Waals surface area (Å²) in [5.74, 6) is -0.425. The number of rotatable bonds is 8. The molecule has 1 amide bonds. The Morgan fingerprint density at radius 2 is 2.03 bits per heavy atom. The van der Waals surface area contributed by atoms with Crippen molar-refractivity contribution in [2.75, 3.05) is 6.54 Å². The van der Waals surface area contributed by atoms with E-state index in [9.17, 15) is 14.3 Å². The molecular weight excluding hydrogens is 383 g/mol. The number of hydrogen-bond acceptors (Lipinski definition) is 4. The first-order valence-corrected chi connectivity index (χ1v) is 9.65. The highest BCUT2D eigenvalue weighted by Gasteiger charge is 2.09. The van der Waals surface area contributed by atoms with E-state index >= 15 is 0 Å². The van der Waals surface area contributed by atoms with Crippen molar-refractivity contribution < 1.29 is 19.0 Å². The van der Waals surface area contributed by atoms with Crippen LogP contribution in [0.1, 0.15) is 29.7 Å². The lowest BCUT2D eigenvalue weighted by Crippen LogP contribution is -2.26. The molecular formula is C24H23FN2O3. The van der Waals surface area contributed by atoms with Gasteiger partial charge in [-0.3, -0.25) is 9.78 Å². The second-order valence-electron chi connectivity index (χ2n) is 6.67. The maximum Gasteiger partial charge on any atom is 0.244 e. The minimum absolute atomic E-state index is 0.0711. The summed E-state index contributed by atoms with van der Waals surface area (Å²) < 4.78 is 19.7. The van der Waals surface area contributed by atoms with Crippen LogP contribution in [-0.4, -0.2) is 22.5 Å². The number of halogens is 1. The number of nitrogens with one attached hydrogen (secondary N) is 1. The SMILES string of the molecule is CCc1ccc(C(O)CNC(=O)/C=C/c2ccc(Oc3cccnc3)c(F)c2)cc1. The Bertz CT molecular complexity index is 1000. The van der Waals surface area contributed by atoms with Gasteiger partial charge < -0.3 is 15.2 Å². The topological polar surface area (TPSA) is 71.5 Å². The summed E-state index contributed by atoms with van der Waals surface area (Å²) in [7, 11) is 0. The van der Waals surface area contributed by atoms with Crippen molar-refractivity contribution >= 4 is 12.0 Å². The average Bonchev–Trinajstić information content (AvgIpc) is 2.78. The fraction of sp³-hybridized carbons (Fsp3) is 0.167. The summed E-state index contributed by atoms with van der Waals surface area (Å²) in [6.07, 6.45) is 6.01. The van der Waals surface area contributed by atoms with Gasteiger partial charge in [0.15, 0.2) is 11.6 Å². The Morgan fingerprint density at radius 3 is 2.70 bits per heavy atom. The molecule has 154 valence electrons. The van der Waals surface area contributed by atoms with Crippen LogP contribution in [0.25, 0.3) is 6.08 Å². The van der Waals surface area contributed by atoms with Crippen molar-refractivity contribution in [3.63, 3.8) is 0 Å². The number of benzene rings is 2. The Morgan fingerprint density at radius 1 is 1.23 bits per heavy atom. The summed E-state index contributed by atoms with van der Waals surface area (Å²) in [4.78, 5) is 15.9. The van der Waals surface area contributed by atoms with E-state index in [0.29, 0.717) is 11.3 Å². The summed E-state index contributed by atoms with van der Waals surface area (Å²) in [5, 5.41) is 12.8. The van der Waals surface area contributed by atoms with Crippen molar-refractivity contribution in [2.24, 2.45) is 0 Å². The van der Waals surface area contributed by atoms with Crippen LogP contribution in [0.3, 0.4) is 0 Å². The van der Waals surface area contributed by atoms with E-state index in [-0.39, 0.29) is 18.2 Å². The molecule has 1 atom stereocenters. The lowest BCUT2D eigenvalue weighted by molar-refractivity contribution is -0.116. The molecule has 3 rings (SSSR count). The number of pyridine rings is 1. The highest BCUT2D eigenvalue weighted by Crippen LogP contribution is 2.24. The van der Waals surface area contributed by atoms with Gasteiger partial charge in [0.25, 0.3) is 0 Å². The molecule has 0 spiro atoms. The molecule has 0 aliphatic rings. The molecule has 30 heavy (non-hydrogen) atoms. The molecule has 0 saturated carbocycles. The number of hydrogen-bond donors (Lipinski definition) is 2. The number of amides is 1. The quantitative estimate of drug-likeness (QED) is 0.543. The normalized spacial score (nSPS) is 12.0. The standard InChI is InChI=1S/C24H23FN2O3/c1-2-17-5-9-19(10-6-17)22(28)16-27-24(29)12-8-18-7-11-23(21(25)14-18)30-20-4-3-13-26-15-20/h3-15,22,28H,2,16H2,1H3,(H,27,29)/b12-8+. The second kappa shape index (κ2) is 10.3. The van der Waals surface area contributed by atoms with Crippen molar-refractivity contribution in [2.45, 2.75) is 19.4 Å². The number of nitrogens with zero attached hydrogens (tertiary/aromatic N) is 1. The molecule has 6 heteroatoms. The summed E-state index contributed by atoms with van der Waals surface area (Å²) >= 11 is 0. The molecule has 0 radical (unpaired) electrons. The highest BCUT2D eigenvalue weighted by molar-refractivity contribution is 5.91. The number of aromatic nitrogens is 1. The van der Waals surface area contributed by atoms with Crippen LogP contribution in [0.2, 0.25) is 0 Å². The van der Waals surface area contributed by atoms with Gasteiger partial charge in [-0.2, -0.15) is 0 Å². The second-order valence-corrected chi connectivity index (χ2v) is 6.67. The van der Waals surface area contributed by atoms with Crippen LogP contribution in [0.5, 0.6) is 11.5 Å². The van der Waals surface area contributed by atoms with E-state index in [0.717, 1.165) is 12.0 Å². The lowest BCUT2D eigenvalue weighted by Gasteiger charge is -2.12. The fourth-order valence-electron chi connectivity index (χ4n) is 2.76. The van der Waals surface area contributed by atoms with Gasteiger partial charge in [-0.15, -0.1) is 0 Å². The van der Waals surface area contributed by atoms with Crippen LogP contribution < -0.4 is 10.1 Å². The van der Waals surface area contributed by atoms with Crippen LogP contribution in [0, 0.1) is 5.82 Å². The zero-order valence-corrected chi connectivity index (χ0v) is 16.6. The van der Waals surface area contributed by atoms with Gasteiger partial charge in [0.05, 0.1) is 12.3 Å². The van der Waals surface area contributed by atoms with Crippen LogP contribution in [0.15, 0.2) is 73.1 Å². The Labute approximate surface area is 174 Å². The van der Waals surface area contributed by atoms with Crippen molar-refractivity contribution in [1.82, 2.24) is 10.3 Å². The van der Waals surface area contributed by atoms with Gasteiger partial charge in [-0.05, 0) is 53.5 Å². The molecule has 3 aromatic rings. The number of carbonyl (C=O) groups is 1. The predicted octanol–water partition coefficient (Wildman–Crippen LogP) is 4.44. The number of ether oxygens (including phenoxy) is 1. The minimum atomic E-state index is -0.797. The molecule has 5 nitrogen and oxygen atoms in total. The summed E-state index contributed by atoms with van der Waals surface area (Å²) in [6, 6.07) is 15.4. The number of aliphatic hydroxyl groups is 1. The lowest BCUT2D eigenvalue weighted by atomic mass is 10.1. The van der Waals surface area contributed by atoms with Crippen LogP contribution in [0.4, 0.5) is 4.39 Å². The number of carbonyl (C=O) groups excluding carboxylic acids is 1. The van der Waals surface area contributed by atoms with Crippen molar-refractivity contribution in [3.8, 4) is 11.5 Å². The zero-order valence-electron chi connectivity index (χ0n) is 16.6. The molecule has 1 aromatic heterocycles. The maximum atomic E-state index is 14.2. The first kappa shape index (κ1) is 21.2. The minimum Gasteiger partial charge on any atom is -0.453 e. The average molecular weight is 406 g/mol.